The molecule has 0 aromatic rings. The molecule has 0 aromatic carbocycles. The van der Waals surface area contributed by atoms with Gasteiger partial charge in [-0.25, -0.2) is 0 Å². The molecule has 3 nitrogen and oxygen atoms in total. The summed E-state index contributed by atoms with van der Waals surface area (Å²) in [7, 11) is 0. The van der Waals surface area contributed by atoms with Gasteiger partial charge in [0, 0.05) is 12.6 Å². The SMILES string of the molecule is CC(C)(C)ONC1CCOC2(CCCCC2)C1. The van der Waals surface area contributed by atoms with Crippen molar-refractivity contribution in [2.45, 2.75) is 83.0 Å². The van der Waals surface area contributed by atoms with E-state index in [1.54, 1.807) is 0 Å². The highest BCUT2D eigenvalue weighted by molar-refractivity contribution is 4.91. The van der Waals surface area contributed by atoms with Gasteiger partial charge in [-0.3, -0.25) is 4.84 Å². The summed E-state index contributed by atoms with van der Waals surface area (Å²) in [6.07, 6.45) is 8.68. The minimum Gasteiger partial charge on any atom is -0.375 e. The van der Waals surface area contributed by atoms with Gasteiger partial charge < -0.3 is 4.74 Å². The molecule has 0 amide bonds. The lowest BCUT2D eigenvalue weighted by molar-refractivity contribution is -0.149. The third-order valence-electron chi connectivity index (χ3n) is 3.79. The molecule has 1 saturated heterocycles. The number of hydrogen-bond acceptors (Lipinski definition) is 3. The maximum Gasteiger partial charge on any atom is 0.0813 e. The average molecular weight is 241 g/mol. The monoisotopic (exact) mass is 241 g/mol. The Kier molecular flexibility index (Phi) is 4.11. The van der Waals surface area contributed by atoms with Crippen molar-refractivity contribution >= 4 is 0 Å². The molecule has 2 rings (SSSR count). The van der Waals surface area contributed by atoms with Gasteiger partial charge in [0.2, 0.25) is 0 Å². The molecule has 1 atom stereocenters. The second kappa shape index (κ2) is 5.25. The van der Waals surface area contributed by atoms with Crippen LogP contribution in [0.2, 0.25) is 0 Å². The predicted molar refractivity (Wildman–Crippen MR) is 68.8 cm³/mol. The number of hydrogen-bond donors (Lipinski definition) is 1. The normalized spacial score (nSPS) is 29.5. The third kappa shape index (κ3) is 3.94. The summed E-state index contributed by atoms with van der Waals surface area (Å²) in [5, 5.41) is 0. The molecule has 2 aliphatic rings. The van der Waals surface area contributed by atoms with Gasteiger partial charge in [0.25, 0.3) is 0 Å². The Labute approximate surface area is 105 Å². The van der Waals surface area contributed by atoms with Gasteiger partial charge >= 0.3 is 0 Å². The smallest absolute Gasteiger partial charge is 0.0813 e. The van der Waals surface area contributed by atoms with Crippen molar-refractivity contribution in [1.29, 1.82) is 0 Å². The predicted octanol–water partition coefficient (Wildman–Crippen LogP) is 3.19. The fraction of sp³-hybridized carbons (Fsp3) is 1.00. The second-order valence-electron chi connectivity index (χ2n) is 6.61. The Bertz CT molecular complexity index is 236. The van der Waals surface area contributed by atoms with E-state index in [9.17, 15) is 0 Å². The first-order chi connectivity index (χ1) is 7.99. The molecule has 1 aliphatic heterocycles. The highest BCUT2D eigenvalue weighted by Gasteiger charge is 2.38. The van der Waals surface area contributed by atoms with Crippen LogP contribution in [0.3, 0.4) is 0 Å². The number of nitrogens with one attached hydrogen (secondary N) is 1. The quantitative estimate of drug-likeness (QED) is 0.753. The zero-order chi connectivity index (χ0) is 12.4. The number of hydroxylamine groups is 1. The highest BCUT2D eigenvalue weighted by Crippen LogP contribution is 2.38. The third-order valence-corrected chi connectivity index (χ3v) is 3.79. The van der Waals surface area contributed by atoms with Gasteiger partial charge in [-0.2, -0.15) is 5.48 Å². The van der Waals surface area contributed by atoms with E-state index in [1.807, 2.05) is 0 Å². The Morgan fingerprint density at radius 3 is 2.53 bits per heavy atom. The van der Waals surface area contributed by atoms with Crippen molar-refractivity contribution in [3.8, 4) is 0 Å². The Balaban J connectivity index is 1.84. The van der Waals surface area contributed by atoms with Crippen LogP contribution in [0.25, 0.3) is 0 Å². The van der Waals surface area contributed by atoms with Crippen LogP contribution in [0.1, 0.15) is 65.7 Å². The van der Waals surface area contributed by atoms with Crippen LogP contribution in [0, 0.1) is 0 Å². The van der Waals surface area contributed by atoms with Crippen molar-refractivity contribution in [2.75, 3.05) is 6.61 Å². The van der Waals surface area contributed by atoms with Gasteiger partial charge in [0.05, 0.1) is 11.2 Å². The first-order valence-electron chi connectivity index (χ1n) is 7.07. The van der Waals surface area contributed by atoms with Gasteiger partial charge in [-0.05, 0) is 46.5 Å². The van der Waals surface area contributed by atoms with Crippen molar-refractivity contribution in [2.24, 2.45) is 0 Å². The molecular weight excluding hydrogens is 214 g/mol. The van der Waals surface area contributed by atoms with Crippen molar-refractivity contribution in [1.82, 2.24) is 5.48 Å². The maximum atomic E-state index is 6.07. The van der Waals surface area contributed by atoms with Crippen molar-refractivity contribution in [3.63, 3.8) is 0 Å². The summed E-state index contributed by atoms with van der Waals surface area (Å²) < 4.78 is 6.07. The van der Waals surface area contributed by atoms with Crippen LogP contribution in [0.5, 0.6) is 0 Å². The number of rotatable bonds is 2. The van der Waals surface area contributed by atoms with Crippen LogP contribution < -0.4 is 5.48 Å². The molecular formula is C14H27NO2. The van der Waals surface area contributed by atoms with E-state index in [2.05, 4.69) is 26.3 Å². The van der Waals surface area contributed by atoms with Crippen molar-refractivity contribution < 1.29 is 9.57 Å². The molecule has 0 radical (unpaired) electrons. The standard InChI is InChI=1S/C14H27NO2/c1-13(2,3)17-15-12-7-10-16-14(11-12)8-5-4-6-9-14/h12,15H,4-11H2,1-3H3. The summed E-state index contributed by atoms with van der Waals surface area (Å²) in [5.74, 6) is 0. The molecule has 1 N–H and O–H groups in total. The van der Waals surface area contributed by atoms with Crippen LogP contribution in [0.4, 0.5) is 0 Å². The van der Waals surface area contributed by atoms with E-state index in [0.717, 1.165) is 19.4 Å². The Morgan fingerprint density at radius 2 is 1.88 bits per heavy atom. The van der Waals surface area contributed by atoms with Gasteiger partial charge in [0.15, 0.2) is 0 Å². The van der Waals surface area contributed by atoms with Crippen LogP contribution in [-0.2, 0) is 9.57 Å². The molecule has 3 heteroatoms. The average Bonchev–Trinajstić information content (AvgIpc) is 2.27. The lowest BCUT2D eigenvalue weighted by Gasteiger charge is -2.44. The fourth-order valence-corrected chi connectivity index (χ4v) is 2.93. The summed E-state index contributed by atoms with van der Waals surface area (Å²) in [6, 6.07) is 0.459. The first-order valence-corrected chi connectivity index (χ1v) is 7.07. The molecule has 1 heterocycles. The minimum absolute atomic E-state index is 0.113. The Hall–Kier alpha value is -0.120. The molecule has 100 valence electrons. The van der Waals surface area contributed by atoms with E-state index in [-0.39, 0.29) is 11.2 Å². The summed E-state index contributed by atoms with van der Waals surface area (Å²) >= 11 is 0. The number of ether oxygens (including phenoxy) is 1. The Morgan fingerprint density at radius 1 is 1.18 bits per heavy atom. The summed E-state index contributed by atoms with van der Waals surface area (Å²) in [5.41, 5.74) is 3.30. The largest absolute Gasteiger partial charge is 0.375 e. The second-order valence-corrected chi connectivity index (χ2v) is 6.61. The lowest BCUT2D eigenvalue weighted by Crippen LogP contribution is -2.49. The molecule has 1 aliphatic carbocycles. The molecule has 1 unspecified atom stereocenters. The molecule has 0 aromatic heterocycles. The van der Waals surface area contributed by atoms with Crippen LogP contribution in [-0.4, -0.2) is 23.9 Å². The maximum absolute atomic E-state index is 6.07. The van der Waals surface area contributed by atoms with E-state index in [1.165, 1.54) is 32.1 Å². The van der Waals surface area contributed by atoms with E-state index < -0.39 is 0 Å². The van der Waals surface area contributed by atoms with Gasteiger partial charge in [-0.15, -0.1) is 0 Å². The fourth-order valence-electron chi connectivity index (χ4n) is 2.93. The van der Waals surface area contributed by atoms with E-state index in [4.69, 9.17) is 9.57 Å². The summed E-state index contributed by atoms with van der Waals surface area (Å²) in [6.45, 7) is 7.12. The molecule has 0 bridgehead atoms. The molecule has 1 saturated carbocycles. The molecule has 1 spiro atoms. The molecule has 2 fully saturated rings. The van der Waals surface area contributed by atoms with Gasteiger partial charge in [-0.1, -0.05) is 19.3 Å². The zero-order valence-corrected chi connectivity index (χ0v) is 11.6. The first kappa shape index (κ1) is 13.3. The highest BCUT2D eigenvalue weighted by atomic mass is 16.7. The zero-order valence-electron chi connectivity index (χ0n) is 11.6. The van der Waals surface area contributed by atoms with E-state index >= 15 is 0 Å². The van der Waals surface area contributed by atoms with E-state index in [0.29, 0.717) is 6.04 Å². The topological polar surface area (TPSA) is 30.5 Å². The van der Waals surface area contributed by atoms with Crippen LogP contribution >= 0.6 is 0 Å². The molecule has 17 heavy (non-hydrogen) atoms. The minimum atomic E-state index is -0.113. The lowest BCUT2D eigenvalue weighted by atomic mass is 9.78. The van der Waals surface area contributed by atoms with Crippen molar-refractivity contribution in [3.05, 3.63) is 0 Å². The van der Waals surface area contributed by atoms with Gasteiger partial charge in [0.1, 0.15) is 0 Å². The summed E-state index contributed by atoms with van der Waals surface area (Å²) in [4.78, 5) is 5.70. The van der Waals surface area contributed by atoms with Crippen LogP contribution in [0.15, 0.2) is 0 Å².